The summed E-state index contributed by atoms with van der Waals surface area (Å²) >= 11 is 4.76. The Bertz CT molecular complexity index is 511. The summed E-state index contributed by atoms with van der Waals surface area (Å²) in [5.41, 5.74) is 0.888. The van der Waals surface area contributed by atoms with Crippen molar-refractivity contribution in [1.29, 1.82) is 0 Å². The Kier molecular flexibility index (Phi) is 4.18. The first kappa shape index (κ1) is 12.6. The van der Waals surface area contributed by atoms with Gasteiger partial charge >= 0.3 is 0 Å². The van der Waals surface area contributed by atoms with E-state index in [2.05, 4.69) is 15.9 Å². The van der Waals surface area contributed by atoms with Crippen LogP contribution in [0.5, 0.6) is 0 Å². The first-order chi connectivity index (χ1) is 8.16. The van der Waals surface area contributed by atoms with Crippen LogP contribution in [0, 0.1) is 11.6 Å². The fourth-order valence-corrected chi connectivity index (χ4v) is 2.83. The maximum atomic E-state index is 13.3. The largest absolute Gasteiger partial charge is 0.207 e. The normalized spacial score (nSPS) is 10.5. The average molecular weight is 315 g/mol. The maximum absolute atomic E-state index is 13.3. The molecule has 2 rings (SSSR count). The van der Waals surface area contributed by atoms with Crippen LogP contribution in [-0.4, -0.2) is 0 Å². The van der Waals surface area contributed by atoms with Gasteiger partial charge < -0.3 is 0 Å². The van der Waals surface area contributed by atoms with Crippen molar-refractivity contribution in [3.05, 3.63) is 64.1 Å². The van der Waals surface area contributed by atoms with E-state index in [4.69, 9.17) is 0 Å². The Balaban J connectivity index is 2.07. The molecule has 0 aliphatic heterocycles. The zero-order chi connectivity index (χ0) is 12.3. The number of hydrogen-bond acceptors (Lipinski definition) is 1. The molecular formula is C13H9BrF2S. The number of hydrogen-bond donors (Lipinski definition) is 0. The van der Waals surface area contributed by atoms with E-state index < -0.39 is 0 Å². The van der Waals surface area contributed by atoms with Crippen LogP contribution in [0.4, 0.5) is 8.78 Å². The lowest BCUT2D eigenvalue weighted by Crippen LogP contribution is -1.86. The van der Waals surface area contributed by atoms with Crippen LogP contribution in [0.2, 0.25) is 0 Å². The van der Waals surface area contributed by atoms with E-state index in [9.17, 15) is 8.78 Å². The summed E-state index contributed by atoms with van der Waals surface area (Å²) in [4.78, 5) is 0.961. The van der Waals surface area contributed by atoms with Crippen LogP contribution in [0.15, 0.2) is 51.8 Å². The molecule has 0 aromatic heterocycles. The van der Waals surface area contributed by atoms with E-state index >= 15 is 0 Å². The molecule has 0 atom stereocenters. The Hall–Kier alpha value is -0.870. The zero-order valence-corrected chi connectivity index (χ0v) is 11.2. The number of thioether (sulfide) groups is 1. The molecule has 2 aromatic rings. The van der Waals surface area contributed by atoms with Gasteiger partial charge in [-0.3, -0.25) is 0 Å². The molecular weight excluding hydrogens is 306 g/mol. The van der Waals surface area contributed by atoms with Gasteiger partial charge in [0.1, 0.15) is 11.6 Å². The molecule has 88 valence electrons. The molecule has 4 heteroatoms. The molecule has 0 amide bonds. The molecule has 17 heavy (non-hydrogen) atoms. The van der Waals surface area contributed by atoms with Gasteiger partial charge in [-0.2, -0.15) is 0 Å². The van der Waals surface area contributed by atoms with E-state index in [1.54, 1.807) is 30.0 Å². The highest BCUT2D eigenvalue weighted by atomic mass is 79.9. The van der Waals surface area contributed by atoms with Gasteiger partial charge in [0.2, 0.25) is 0 Å². The fraction of sp³-hybridized carbons (Fsp3) is 0.0769. The molecule has 0 unspecified atom stereocenters. The van der Waals surface area contributed by atoms with E-state index in [1.165, 1.54) is 18.2 Å². The lowest BCUT2D eigenvalue weighted by atomic mass is 10.2. The highest BCUT2D eigenvalue weighted by Gasteiger charge is 2.05. The second-order valence-corrected chi connectivity index (χ2v) is 5.30. The number of halogens is 3. The SMILES string of the molecule is Fc1ccc(SCc2cccc(F)c2Br)cc1. The minimum Gasteiger partial charge on any atom is -0.207 e. The number of rotatable bonds is 3. The Morgan fingerprint density at radius 1 is 1.00 bits per heavy atom. The lowest BCUT2D eigenvalue weighted by Gasteiger charge is -2.05. The summed E-state index contributed by atoms with van der Waals surface area (Å²) in [7, 11) is 0. The summed E-state index contributed by atoms with van der Waals surface area (Å²) in [6.45, 7) is 0. The summed E-state index contributed by atoms with van der Waals surface area (Å²) < 4.78 is 26.4. The first-order valence-electron chi connectivity index (χ1n) is 4.98. The molecule has 0 aliphatic rings. The van der Waals surface area contributed by atoms with Crippen LogP contribution in [0.3, 0.4) is 0 Å². The molecule has 2 aromatic carbocycles. The quantitative estimate of drug-likeness (QED) is 0.717. The predicted molar refractivity (Wildman–Crippen MR) is 70.1 cm³/mol. The summed E-state index contributed by atoms with van der Waals surface area (Å²) in [6.07, 6.45) is 0. The van der Waals surface area contributed by atoms with E-state index in [-0.39, 0.29) is 11.6 Å². The monoisotopic (exact) mass is 314 g/mol. The van der Waals surface area contributed by atoms with Crippen LogP contribution < -0.4 is 0 Å². The van der Waals surface area contributed by atoms with Gasteiger partial charge in [-0.05, 0) is 51.8 Å². The topological polar surface area (TPSA) is 0 Å². The lowest BCUT2D eigenvalue weighted by molar-refractivity contribution is 0.619. The molecule has 0 radical (unpaired) electrons. The van der Waals surface area contributed by atoms with Gasteiger partial charge in [0.05, 0.1) is 4.47 Å². The molecule has 0 bridgehead atoms. The third-order valence-electron chi connectivity index (χ3n) is 2.24. The van der Waals surface area contributed by atoms with Crippen molar-refractivity contribution in [3.63, 3.8) is 0 Å². The standard InChI is InChI=1S/C13H9BrF2S/c14-13-9(2-1-3-12(13)16)8-17-11-6-4-10(15)5-7-11/h1-7H,8H2. The molecule has 0 N–H and O–H groups in total. The van der Waals surface area contributed by atoms with Crippen LogP contribution in [-0.2, 0) is 5.75 Å². The smallest absolute Gasteiger partial charge is 0.137 e. The van der Waals surface area contributed by atoms with Gasteiger partial charge in [-0.1, -0.05) is 12.1 Å². The van der Waals surface area contributed by atoms with Crippen molar-refractivity contribution in [2.45, 2.75) is 10.6 Å². The third-order valence-corrected chi connectivity index (χ3v) is 4.19. The van der Waals surface area contributed by atoms with E-state index in [0.717, 1.165) is 10.5 Å². The van der Waals surface area contributed by atoms with Crippen LogP contribution in [0.25, 0.3) is 0 Å². The predicted octanol–water partition coefficient (Wildman–Crippen LogP) is 5.02. The molecule has 0 aliphatic carbocycles. The van der Waals surface area contributed by atoms with Crippen molar-refractivity contribution < 1.29 is 8.78 Å². The van der Waals surface area contributed by atoms with Crippen molar-refractivity contribution in [2.24, 2.45) is 0 Å². The number of benzene rings is 2. The Morgan fingerprint density at radius 3 is 2.41 bits per heavy atom. The van der Waals surface area contributed by atoms with E-state index in [0.29, 0.717) is 10.2 Å². The summed E-state index contributed by atoms with van der Waals surface area (Å²) in [5, 5.41) is 0. The van der Waals surface area contributed by atoms with Gasteiger partial charge in [-0.25, -0.2) is 8.78 Å². The second-order valence-electron chi connectivity index (χ2n) is 3.46. The molecule has 0 nitrogen and oxygen atoms in total. The van der Waals surface area contributed by atoms with Gasteiger partial charge in [0, 0.05) is 10.6 Å². The van der Waals surface area contributed by atoms with Crippen molar-refractivity contribution in [3.8, 4) is 0 Å². The second kappa shape index (κ2) is 5.65. The average Bonchev–Trinajstić information content (AvgIpc) is 2.33. The highest BCUT2D eigenvalue weighted by Crippen LogP contribution is 2.28. The zero-order valence-electron chi connectivity index (χ0n) is 8.79. The van der Waals surface area contributed by atoms with Gasteiger partial charge in [0.15, 0.2) is 0 Å². The molecule has 0 saturated heterocycles. The molecule has 0 heterocycles. The molecule has 0 saturated carbocycles. The van der Waals surface area contributed by atoms with Crippen molar-refractivity contribution in [2.75, 3.05) is 0 Å². The van der Waals surface area contributed by atoms with Crippen LogP contribution in [0.1, 0.15) is 5.56 Å². The fourth-order valence-electron chi connectivity index (χ4n) is 1.35. The van der Waals surface area contributed by atoms with Crippen molar-refractivity contribution >= 4 is 27.7 Å². The summed E-state index contributed by atoms with van der Waals surface area (Å²) in [5.74, 6) is 0.132. The Morgan fingerprint density at radius 2 is 1.71 bits per heavy atom. The minimum absolute atomic E-state index is 0.249. The Labute approximate surface area is 111 Å². The third kappa shape index (κ3) is 3.30. The molecule has 0 spiro atoms. The van der Waals surface area contributed by atoms with Gasteiger partial charge in [0.25, 0.3) is 0 Å². The molecule has 0 fully saturated rings. The highest BCUT2D eigenvalue weighted by molar-refractivity contribution is 9.10. The van der Waals surface area contributed by atoms with Crippen LogP contribution >= 0.6 is 27.7 Å². The van der Waals surface area contributed by atoms with Gasteiger partial charge in [-0.15, -0.1) is 11.8 Å². The van der Waals surface area contributed by atoms with Crippen molar-refractivity contribution in [1.82, 2.24) is 0 Å². The summed E-state index contributed by atoms with van der Waals surface area (Å²) in [6, 6.07) is 11.2. The minimum atomic E-state index is -0.262. The maximum Gasteiger partial charge on any atom is 0.137 e. The first-order valence-corrected chi connectivity index (χ1v) is 6.76. The van der Waals surface area contributed by atoms with E-state index in [1.807, 2.05) is 6.07 Å².